The number of pyridine rings is 2. The van der Waals surface area contributed by atoms with E-state index in [1.54, 1.807) is 61.1 Å². The van der Waals surface area contributed by atoms with E-state index in [0.29, 0.717) is 40.3 Å². The number of primary amides is 1. The van der Waals surface area contributed by atoms with Crippen molar-refractivity contribution in [2.75, 3.05) is 0 Å². The quantitative estimate of drug-likeness (QED) is 0.501. The molecule has 0 unspecified atom stereocenters. The molecule has 4 rings (SSSR count). The molecule has 0 radical (unpaired) electrons. The van der Waals surface area contributed by atoms with Crippen molar-refractivity contribution in [1.82, 2.24) is 15.3 Å². The highest BCUT2D eigenvalue weighted by Gasteiger charge is 2.14. The summed E-state index contributed by atoms with van der Waals surface area (Å²) >= 11 is 0. The van der Waals surface area contributed by atoms with E-state index in [2.05, 4.69) is 15.3 Å². The molecular formula is C24H20N4O3. The number of benzene rings is 2. The van der Waals surface area contributed by atoms with Gasteiger partial charge < -0.3 is 15.8 Å². The molecule has 0 saturated carbocycles. The molecule has 0 atom stereocenters. The van der Waals surface area contributed by atoms with Crippen LogP contribution in [0, 0.1) is 6.92 Å². The Balaban J connectivity index is 1.58. The van der Waals surface area contributed by atoms with Gasteiger partial charge in [-0.25, -0.2) is 0 Å². The second-order valence-electron chi connectivity index (χ2n) is 6.97. The second kappa shape index (κ2) is 8.62. The van der Waals surface area contributed by atoms with E-state index in [0.717, 1.165) is 10.9 Å². The van der Waals surface area contributed by atoms with Crippen LogP contribution in [0.3, 0.4) is 0 Å². The van der Waals surface area contributed by atoms with Gasteiger partial charge >= 0.3 is 0 Å². The number of aromatic nitrogens is 2. The molecule has 0 fully saturated rings. The van der Waals surface area contributed by atoms with Gasteiger partial charge in [0.1, 0.15) is 11.5 Å². The van der Waals surface area contributed by atoms with Crippen LogP contribution in [0.25, 0.3) is 10.9 Å². The third kappa shape index (κ3) is 4.35. The van der Waals surface area contributed by atoms with Crippen molar-refractivity contribution < 1.29 is 14.3 Å². The van der Waals surface area contributed by atoms with E-state index in [1.165, 1.54) is 0 Å². The highest BCUT2D eigenvalue weighted by molar-refractivity contribution is 5.98. The smallest absolute Gasteiger partial charge is 0.251 e. The summed E-state index contributed by atoms with van der Waals surface area (Å²) in [6.45, 7) is 2.24. The zero-order chi connectivity index (χ0) is 21.8. The summed E-state index contributed by atoms with van der Waals surface area (Å²) in [5.41, 5.74) is 8.53. The lowest BCUT2D eigenvalue weighted by molar-refractivity contribution is 0.0948. The van der Waals surface area contributed by atoms with Crippen molar-refractivity contribution in [3.05, 3.63) is 95.4 Å². The summed E-state index contributed by atoms with van der Waals surface area (Å²) in [6.07, 6.45) is 4.97. The fraction of sp³-hybridized carbons (Fsp3) is 0.0833. The first-order chi connectivity index (χ1) is 15.0. The highest BCUT2D eigenvalue weighted by atomic mass is 16.5. The van der Waals surface area contributed by atoms with Gasteiger partial charge in [-0.3, -0.25) is 19.6 Å². The van der Waals surface area contributed by atoms with Gasteiger partial charge in [-0.15, -0.1) is 0 Å². The van der Waals surface area contributed by atoms with Crippen LogP contribution >= 0.6 is 0 Å². The van der Waals surface area contributed by atoms with Crippen LogP contribution in [-0.4, -0.2) is 21.8 Å². The number of hydrogen-bond acceptors (Lipinski definition) is 5. The molecule has 154 valence electrons. The topological polar surface area (TPSA) is 107 Å². The molecule has 0 saturated heterocycles. The van der Waals surface area contributed by atoms with Gasteiger partial charge in [-0.05, 0) is 61.0 Å². The lowest BCUT2D eigenvalue weighted by Crippen LogP contribution is -2.23. The molecule has 2 heterocycles. The number of carbonyl (C=O) groups excluding carboxylic acids is 2. The predicted molar refractivity (Wildman–Crippen MR) is 117 cm³/mol. The SMILES string of the molecule is Cc1c(Oc2ccnc3cc(C(N)=O)ccc23)cccc1C(=O)NCc1ccncc1. The van der Waals surface area contributed by atoms with Crippen molar-refractivity contribution in [3.63, 3.8) is 0 Å². The maximum atomic E-state index is 12.7. The largest absolute Gasteiger partial charge is 0.456 e. The van der Waals surface area contributed by atoms with Gasteiger partial charge in [0.2, 0.25) is 5.91 Å². The van der Waals surface area contributed by atoms with Gasteiger partial charge in [0.25, 0.3) is 5.91 Å². The third-order valence-corrected chi connectivity index (χ3v) is 4.94. The molecular weight excluding hydrogens is 392 g/mol. The Morgan fingerprint density at radius 3 is 2.58 bits per heavy atom. The summed E-state index contributed by atoms with van der Waals surface area (Å²) in [7, 11) is 0. The monoisotopic (exact) mass is 412 g/mol. The molecule has 2 aromatic heterocycles. The maximum absolute atomic E-state index is 12.7. The number of fused-ring (bicyclic) bond motifs is 1. The number of ether oxygens (including phenoxy) is 1. The van der Waals surface area contributed by atoms with Crippen molar-refractivity contribution >= 4 is 22.7 Å². The van der Waals surface area contributed by atoms with Gasteiger partial charge in [0, 0.05) is 47.2 Å². The first kappa shape index (κ1) is 20.0. The Morgan fingerprint density at radius 2 is 1.81 bits per heavy atom. The summed E-state index contributed by atoms with van der Waals surface area (Å²) in [5, 5.41) is 3.65. The van der Waals surface area contributed by atoms with Crippen LogP contribution in [0.5, 0.6) is 11.5 Å². The Hall–Kier alpha value is -4.26. The molecule has 7 heteroatoms. The van der Waals surface area contributed by atoms with Crippen molar-refractivity contribution in [2.24, 2.45) is 5.73 Å². The first-order valence-corrected chi connectivity index (χ1v) is 9.66. The zero-order valence-corrected chi connectivity index (χ0v) is 16.8. The molecule has 7 nitrogen and oxygen atoms in total. The molecule has 0 aliphatic carbocycles. The summed E-state index contributed by atoms with van der Waals surface area (Å²) in [4.78, 5) is 32.4. The first-order valence-electron chi connectivity index (χ1n) is 9.66. The summed E-state index contributed by atoms with van der Waals surface area (Å²) < 4.78 is 6.13. The number of carbonyl (C=O) groups is 2. The minimum atomic E-state index is -0.517. The van der Waals surface area contributed by atoms with Crippen LogP contribution in [0.4, 0.5) is 0 Å². The summed E-state index contributed by atoms with van der Waals surface area (Å²) in [5.74, 6) is 0.420. The molecule has 0 aliphatic rings. The van der Waals surface area contributed by atoms with Gasteiger partial charge in [0.05, 0.1) is 5.52 Å². The van der Waals surface area contributed by atoms with Gasteiger partial charge in [-0.2, -0.15) is 0 Å². The minimum Gasteiger partial charge on any atom is -0.456 e. The Bertz CT molecular complexity index is 1270. The van der Waals surface area contributed by atoms with Crippen molar-refractivity contribution in [1.29, 1.82) is 0 Å². The number of amides is 2. The third-order valence-electron chi connectivity index (χ3n) is 4.94. The normalized spacial score (nSPS) is 10.6. The van der Waals surface area contributed by atoms with Crippen LogP contribution in [0.15, 0.2) is 73.2 Å². The average molecular weight is 412 g/mol. The Labute approximate surface area is 178 Å². The minimum absolute atomic E-state index is 0.189. The number of nitrogens with one attached hydrogen (secondary N) is 1. The van der Waals surface area contributed by atoms with Gasteiger partial charge in [-0.1, -0.05) is 6.07 Å². The average Bonchev–Trinajstić information content (AvgIpc) is 2.79. The lowest BCUT2D eigenvalue weighted by Gasteiger charge is -2.14. The molecule has 4 aromatic rings. The summed E-state index contributed by atoms with van der Waals surface area (Å²) in [6, 6.07) is 15.8. The van der Waals surface area contributed by atoms with E-state index < -0.39 is 5.91 Å². The van der Waals surface area contributed by atoms with Crippen molar-refractivity contribution in [3.8, 4) is 11.5 Å². The standard InChI is InChI=1S/C24H20N4O3/c1-15-18(24(30)28-14-16-7-10-26-11-8-16)3-2-4-21(15)31-22-9-12-27-20-13-17(23(25)29)5-6-19(20)22/h2-13H,14H2,1H3,(H2,25,29)(H,28,30). The highest BCUT2D eigenvalue weighted by Crippen LogP contribution is 2.32. The molecule has 2 aromatic carbocycles. The van der Waals surface area contributed by atoms with Crippen LogP contribution in [0.1, 0.15) is 31.8 Å². The maximum Gasteiger partial charge on any atom is 0.251 e. The van der Waals surface area contributed by atoms with E-state index in [1.807, 2.05) is 19.1 Å². The van der Waals surface area contributed by atoms with E-state index in [-0.39, 0.29) is 5.91 Å². The van der Waals surface area contributed by atoms with E-state index in [4.69, 9.17) is 10.5 Å². The van der Waals surface area contributed by atoms with Crippen LogP contribution in [-0.2, 0) is 6.54 Å². The van der Waals surface area contributed by atoms with E-state index in [9.17, 15) is 9.59 Å². The van der Waals surface area contributed by atoms with E-state index >= 15 is 0 Å². The Morgan fingerprint density at radius 1 is 1.00 bits per heavy atom. The number of nitrogens with zero attached hydrogens (tertiary/aromatic N) is 2. The second-order valence-corrected chi connectivity index (χ2v) is 6.97. The fourth-order valence-electron chi connectivity index (χ4n) is 3.23. The molecule has 0 spiro atoms. The van der Waals surface area contributed by atoms with Crippen molar-refractivity contribution in [2.45, 2.75) is 13.5 Å². The van der Waals surface area contributed by atoms with Gasteiger partial charge in [0.15, 0.2) is 0 Å². The molecule has 3 N–H and O–H groups in total. The number of hydrogen-bond donors (Lipinski definition) is 2. The number of nitrogens with two attached hydrogens (primary N) is 1. The molecule has 2 amide bonds. The van der Waals surface area contributed by atoms with Crippen LogP contribution in [0.2, 0.25) is 0 Å². The Kier molecular flexibility index (Phi) is 5.57. The number of rotatable bonds is 6. The fourth-order valence-corrected chi connectivity index (χ4v) is 3.23. The lowest BCUT2D eigenvalue weighted by atomic mass is 10.1. The zero-order valence-electron chi connectivity index (χ0n) is 16.8. The molecule has 0 bridgehead atoms. The molecule has 31 heavy (non-hydrogen) atoms. The van der Waals surface area contributed by atoms with Crippen LogP contribution < -0.4 is 15.8 Å². The molecule has 0 aliphatic heterocycles. The predicted octanol–water partition coefficient (Wildman–Crippen LogP) is 3.76.